The number of rotatable bonds is 3. The van der Waals surface area contributed by atoms with Crippen molar-refractivity contribution in [3.05, 3.63) is 23.8 Å². The molecule has 112 valence electrons. The smallest absolute Gasteiger partial charge is 0.184 e. The second-order valence-corrected chi connectivity index (χ2v) is 6.30. The number of nitrogens with two attached hydrogens (primary N) is 1. The molecular formula is C16H23N5. The maximum absolute atomic E-state index is 6.10. The van der Waals surface area contributed by atoms with Gasteiger partial charge in [0, 0.05) is 17.8 Å². The molecule has 1 aliphatic carbocycles. The second kappa shape index (κ2) is 5.84. The standard InChI is InChI=1S/C16H23N5/c1-11-7-8-15(17)14(9-11)16-18-19-20-21(16)10-13-6-4-3-5-12(13)2/h7-9,12-13H,3-6,10,17H2,1-2H3. The molecule has 21 heavy (non-hydrogen) atoms. The van der Waals surface area contributed by atoms with Crippen LogP contribution in [0.5, 0.6) is 0 Å². The molecule has 2 aromatic rings. The van der Waals surface area contributed by atoms with E-state index < -0.39 is 0 Å². The number of aromatic nitrogens is 4. The zero-order valence-electron chi connectivity index (χ0n) is 12.8. The zero-order valence-corrected chi connectivity index (χ0v) is 12.8. The van der Waals surface area contributed by atoms with Crippen molar-refractivity contribution in [2.75, 3.05) is 5.73 Å². The quantitative estimate of drug-likeness (QED) is 0.880. The van der Waals surface area contributed by atoms with Gasteiger partial charge in [0.1, 0.15) is 0 Å². The molecule has 2 unspecified atom stereocenters. The summed E-state index contributed by atoms with van der Waals surface area (Å²) in [7, 11) is 0. The van der Waals surface area contributed by atoms with Crippen LogP contribution in [0.4, 0.5) is 5.69 Å². The third kappa shape index (κ3) is 2.91. The van der Waals surface area contributed by atoms with Gasteiger partial charge in [-0.05, 0) is 47.7 Å². The van der Waals surface area contributed by atoms with Crippen molar-refractivity contribution < 1.29 is 0 Å². The molecule has 0 saturated heterocycles. The highest BCUT2D eigenvalue weighted by Crippen LogP contribution is 2.32. The van der Waals surface area contributed by atoms with Gasteiger partial charge in [-0.15, -0.1) is 5.10 Å². The van der Waals surface area contributed by atoms with Crippen LogP contribution < -0.4 is 5.73 Å². The molecule has 1 fully saturated rings. The van der Waals surface area contributed by atoms with E-state index >= 15 is 0 Å². The molecule has 1 aliphatic rings. The minimum Gasteiger partial charge on any atom is -0.398 e. The van der Waals surface area contributed by atoms with Gasteiger partial charge in [0.05, 0.1) is 0 Å². The highest BCUT2D eigenvalue weighted by Gasteiger charge is 2.24. The molecule has 5 nitrogen and oxygen atoms in total. The molecule has 0 aliphatic heterocycles. The number of hydrogen-bond acceptors (Lipinski definition) is 4. The predicted octanol–water partition coefficient (Wildman–Crippen LogP) is 3.06. The van der Waals surface area contributed by atoms with Gasteiger partial charge in [-0.1, -0.05) is 37.8 Å². The summed E-state index contributed by atoms with van der Waals surface area (Å²) in [6.45, 7) is 5.28. The minimum absolute atomic E-state index is 0.659. The highest BCUT2D eigenvalue weighted by atomic mass is 15.5. The first kappa shape index (κ1) is 14.0. The highest BCUT2D eigenvalue weighted by molar-refractivity contribution is 5.72. The molecule has 3 rings (SSSR count). The molecular weight excluding hydrogens is 262 g/mol. The number of anilines is 1. The molecule has 0 amide bonds. The lowest BCUT2D eigenvalue weighted by molar-refractivity contribution is 0.221. The lowest BCUT2D eigenvalue weighted by atomic mass is 9.80. The van der Waals surface area contributed by atoms with E-state index in [1.54, 1.807) is 0 Å². The Morgan fingerprint density at radius 1 is 1.29 bits per heavy atom. The predicted molar refractivity (Wildman–Crippen MR) is 83.5 cm³/mol. The van der Waals surface area contributed by atoms with E-state index in [2.05, 4.69) is 35.4 Å². The molecule has 1 heterocycles. The lowest BCUT2D eigenvalue weighted by Gasteiger charge is -2.28. The van der Waals surface area contributed by atoms with Gasteiger partial charge in [0.25, 0.3) is 0 Å². The van der Waals surface area contributed by atoms with E-state index in [4.69, 9.17) is 5.73 Å². The summed E-state index contributed by atoms with van der Waals surface area (Å²) in [6.07, 6.45) is 5.25. The Bertz CT molecular complexity index is 619. The normalized spacial score (nSPS) is 22.4. The van der Waals surface area contributed by atoms with Crippen LogP contribution in [0.1, 0.15) is 38.2 Å². The van der Waals surface area contributed by atoms with E-state index in [1.165, 1.54) is 31.2 Å². The molecule has 1 saturated carbocycles. The maximum Gasteiger partial charge on any atom is 0.184 e. The Morgan fingerprint density at radius 2 is 2.10 bits per heavy atom. The van der Waals surface area contributed by atoms with Crippen molar-refractivity contribution in [3.8, 4) is 11.4 Å². The molecule has 0 spiro atoms. The first-order valence-corrected chi connectivity index (χ1v) is 7.78. The maximum atomic E-state index is 6.10. The number of nitrogen functional groups attached to an aromatic ring is 1. The van der Waals surface area contributed by atoms with E-state index in [1.807, 2.05) is 16.8 Å². The third-order valence-electron chi connectivity index (χ3n) is 4.68. The van der Waals surface area contributed by atoms with E-state index in [-0.39, 0.29) is 0 Å². The van der Waals surface area contributed by atoms with E-state index in [9.17, 15) is 0 Å². The topological polar surface area (TPSA) is 69.6 Å². The molecule has 1 aromatic heterocycles. The number of tetrazole rings is 1. The number of hydrogen-bond donors (Lipinski definition) is 1. The Kier molecular flexibility index (Phi) is 3.90. The summed E-state index contributed by atoms with van der Waals surface area (Å²) in [6, 6.07) is 5.99. The van der Waals surface area contributed by atoms with Gasteiger partial charge in [0.15, 0.2) is 5.82 Å². The van der Waals surface area contributed by atoms with Crippen LogP contribution >= 0.6 is 0 Å². The van der Waals surface area contributed by atoms with Crippen LogP contribution in [0, 0.1) is 18.8 Å². The van der Waals surface area contributed by atoms with Gasteiger partial charge in [-0.3, -0.25) is 0 Å². The number of nitrogens with zero attached hydrogens (tertiary/aromatic N) is 4. The fraction of sp³-hybridized carbons (Fsp3) is 0.562. The van der Waals surface area contributed by atoms with Crippen LogP contribution in [0.15, 0.2) is 18.2 Å². The van der Waals surface area contributed by atoms with Crippen LogP contribution in [0.3, 0.4) is 0 Å². The van der Waals surface area contributed by atoms with Crippen molar-refractivity contribution in [2.24, 2.45) is 11.8 Å². The van der Waals surface area contributed by atoms with Crippen LogP contribution in [0.2, 0.25) is 0 Å². The monoisotopic (exact) mass is 285 g/mol. The summed E-state index contributed by atoms with van der Waals surface area (Å²) in [5, 5.41) is 12.3. The first-order chi connectivity index (χ1) is 10.1. The first-order valence-electron chi connectivity index (χ1n) is 7.78. The van der Waals surface area contributed by atoms with Crippen molar-refractivity contribution in [3.63, 3.8) is 0 Å². The second-order valence-electron chi connectivity index (χ2n) is 6.30. The van der Waals surface area contributed by atoms with Crippen molar-refractivity contribution >= 4 is 5.69 Å². The van der Waals surface area contributed by atoms with Gasteiger partial charge < -0.3 is 5.73 Å². The van der Waals surface area contributed by atoms with Crippen LogP contribution in [-0.4, -0.2) is 20.2 Å². The van der Waals surface area contributed by atoms with Gasteiger partial charge in [-0.2, -0.15) is 0 Å². The molecule has 5 heteroatoms. The number of aryl methyl sites for hydroxylation is 1. The minimum atomic E-state index is 0.659. The zero-order chi connectivity index (χ0) is 14.8. The van der Waals surface area contributed by atoms with Gasteiger partial charge in [0.2, 0.25) is 0 Å². The molecule has 0 radical (unpaired) electrons. The van der Waals surface area contributed by atoms with Gasteiger partial charge >= 0.3 is 0 Å². The third-order valence-corrected chi connectivity index (χ3v) is 4.68. The summed E-state index contributed by atoms with van der Waals surface area (Å²) >= 11 is 0. The Labute approximate surface area is 125 Å². The molecule has 1 aromatic carbocycles. The van der Waals surface area contributed by atoms with Crippen molar-refractivity contribution in [1.29, 1.82) is 0 Å². The summed E-state index contributed by atoms with van der Waals surface area (Å²) in [5.74, 6) is 2.19. The fourth-order valence-electron chi connectivity index (χ4n) is 3.27. The Balaban J connectivity index is 1.88. The van der Waals surface area contributed by atoms with E-state index in [0.717, 1.165) is 29.5 Å². The van der Waals surface area contributed by atoms with Crippen LogP contribution in [0.25, 0.3) is 11.4 Å². The average Bonchev–Trinajstić information content (AvgIpc) is 2.92. The van der Waals surface area contributed by atoms with E-state index in [0.29, 0.717) is 5.92 Å². The van der Waals surface area contributed by atoms with Crippen molar-refractivity contribution in [2.45, 2.75) is 46.1 Å². The lowest BCUT2D eigenvalue weighted by Crippen LogP contribution is -2.23. The summed E-state index contributed by atoms with van der Waals surface area (Å²) < 4.78 is 1.93. The number of benzene rings is 1. The molecule has 0 bridgehead atoms. The van der Waals surface area contributed by atoms with Crippen molar-refractivity contribution in [1.82, 2.24) is 20.2 Å². The molecule has 2 atom stereocenters. The SMILES string of the molecule is Cc1ccc(N)c(-c2nnnn2CC2CCCCC2C)c1. The average molecular weight is 285 g/mol. The van der Waals surface area contributed by atoms with Crippen LogP contribution in [-0.2, 0) is 6.54 Å². The summed E-state index contributed by atoms with van der Waals surface area (Å²) in [5.41, 5.74) is 8.93. The largest absolute Gasteiger partial charge is 0.398 e. The Hall–Kier alpha value is -1.91. The Morgan fingerprint density at radius 3 is 2.90 bits per heavy atom. The van der Waals surface area contributed by atoms with Gasteiger partial charge in [-0.25, -0.2) is 4.68 Å². The molecule has 2 N–H and O–H groups in total. The fourth-order valence-corrected chi connectivity index (χ4v) is 3.27. The summed E-state index contributed by atoms with van der Waals surface area (Å²) in [4.78, 5) is 0.